The highest BCUT2D eigenvalue weighted by atomic mass is 16.7. The van der Waals surface area contributed by atoms with Crippen LogP contribution in [0.25, 0.3) is 0 Å². The first-order valence-electron chi connectivity index (χ1n) is 9.43. The van der Waals surface area contributed by atoms with E-state index in [-0.39, 0.29) is 12.1 Å². The molecule has 4 nitrogen and oxygen atoms in total. The normalized spacial score (nSPS) is 40.9. The third kappa shape index (κ3) is 3.23. The Morgan fingerprint density at radius 3 is 2.52 bits per heavy atom. The molecule has 2 saturated carbocycles. The molecule has 0 aromatic carbocycles. The lowest BCUT2D eigenvalue weighted by molar-refractivity contribution is -0.203. The van der Waals surface area contributed by atoms with E-state index >= 15 is 0 Å². The van der Waals surface area contributed by atoms with Crippen molar-refractivity contribution in [2.75, 3.05) is 26.4 Å². The minimum atomic E-state index is -0.244. The molecule has 0 amide bonds. The van der Waals surface area contributed by atoms with Crippen LogP contribution in [0.2, 0.25) is 0 Å². The Morgan fingerprint density at radius 2 is 1.78 bits per heavy atom. The summed E-state index contributed by atoms with van der Waals surface area (Å²) in [6.45, 7) is 5.21. The largest absolute Gasteiger partial charge is 0.350 e. The van der Waals surface area contributed by atoms with Crippen molar-refractivity contribution >= 4 is 0 Å². The lowest BCUT2D eigenvalue weighted by atomic mass is 9.59. The van der Waals surface area contributed by atoms with Gasteiger partial charge in [-0.15, -0.1) is 0 Å². The van der Waals surface area contributed by atoms with Gasteiger partial charge in [-0.1, -0.05) is 12.2 Å². The van der Waals surface area contributed by atoms with Gasteiger partial charge in [0.15, 0.2) is 12.1 Å². The smallest absolute Gasteiger partial charge is 0.168 e. The van der Waals surface area contributed by atoms with Gasteiger partial charge in [-0.25, -0.2) is 0 Å². The number of hydrogen-bond acceptors (Lipinski definition) is 4. The molecule has 2 aliphatic carbocycles. The summed E-state index contributed by atoms with van der Waals surface area (Å²) in [7, 11) is 0. The average Bonchev–Trinajstić information content (AvgIpc) is 3.22. The van der Waals surface area contributed by atoms with E-state index in [9.17, 15) is 0 Å². The summed E-state index contributed by atoms with van der Waals surface area (Å²) >= 11 is 0. The van der Waals surface area contributed by atoms with Gasteiger partial charge in [-0.3, -0.25) is 0 Å². The summed E-state index contributed by atoms with van der Waals surface area (Å²) in [5.74, 6) is 2.61. The molecule has 4 atom stereocenters. The SMILES string of the molecule is C/C=C\[C@H]1[C@H](CC2OCCO2)CC[C@H]2CC3(CC[C@@H]21)OCCO3. The van der Waals surface area contributed by atoms with Gasteiger partial charge in [0, 0.05) is 19.3 Å². The molecule has 1 spiro atoms. The fraction of sp³-hybridized carbons (Fsp3) is 0.895. The minimum absolute atomic E-state index is 0.0285. The topological polar surface area (TPSA) is 36.9 Å². The van der Waals surface area contributed by atoms with Crippen molar-refractivity contribution in [3.05, 3.63) is 12.2 Å². The number of rotatable bonds is 3. The van der Waals surface area contributed by atoms with Gasteiger partial charge in [0.2, 0.25) is 0 Å². The zero-order valence-corrected chi connectivity index (χ0v) is 14.2. The lowest BCUT2D eigenvalue weighted by Gasteiger charge is -2.49. The molecule has 0 aromatic rings. The van der Waals surface area contributed by atoms with Crippen LogP contribution in [0.4, 0.5) is 0 Å². The van der Waals surface area contributed by atoms with Crippen molar-refractivity contribution in [2.24, 2.45) is 23.7 Å². The summed E-state index contributed by atoms with van der Waals surface area (Å²) in [6, 6.07) is 0. The summed E-state index contributed by atoms with van der Waals surface area (Å²) < 4.78 is 23.4. The van der Waals surface area contributed by atoms with E-state index in [1.54, 1.807) is 0 Å². The van der Waals surface area contributed by atoms with Crippen molar-refractivity contribution in [2.45, 2.75) is 57.5 Å². The fourth-order valence-electron chi connectivity index (χ4n) is 5.41. The molecule has 0 bridgehead atoms. The quantitative estimate of drug-likeness (QED) is 0.745. The number of fused-ring (bicyclic) bond motifs is 1. The molecule has 4 fully saturated rings. The predicted octanol–water partition coefficient (Wildman–Crippen LogP) is 3.51. The van der Waals surface area contributed by atoms with Crippen LogP contribution in [0.1, 0.15) is 45.4 Å². The first-order chi connectivity index (χ1) is 11.3. The Kier molecular flexibility index (Phi) is 4.77. The van der Waals surface area contributed by atoms with Gasteiger partial charge in [0.25, 0.3) is 0 Å². The summed E-state index contributed by atoms with van der Waals surface area (Å²) in [5.41, 5.74) is 0. The van der Waals surface area contributed by atoms with Crippen molar-refractivity contribution in [3.8, 4) is 0 Å². The van der Waals surface area contributed by atoms with Crippen molar-refractivity contribution in [1.82, 2.24) is 0 Å². The molecular formula is C19H30O4. The third-order valence-corrected chi connectivity index (χ3v) is 6.40. The van der Waals surface area contributed by atoms with Crippen molar-refractivity contribution < 1.29 is 18.9 Å². The lowest BCUT2D eigenvalue weighted by Crippen LogP contribution is -2.46. The van der Waals surface area contributed by atoms with Crippen molar-refractivity contribution in [1.29, 1.82) is 0 Å². The summed E-state index contributed by atoms with van der Waals surface area (Å²) in [6.07, 6.45) is 11.7. The van der Waals surface area contributed by atoms with Gasteiger partial charge in [0.1, 0.15) is 0 Å². The molecule has 4 rings (SSSR count). The van der Waals surface area contributed by atoms with Crippen LogP contribution in [-0.2, 0) is 18.9 Å². The first-order valence-corrected chi connectivity index (χ1v) is 9.43. The van der Waals surface area contributed by atoms with Gasteiger partial charge < -0.3 is 18.9 Å². The van der Waals surface area contributed by atoms with E-state index < -0.39 is 0 Å². The number of ether oxygens (including phenoxy) is 4. The van der Waals surface area contributed by atoms with Crippen LogP contribution in [0.3, 0.4) is 0 Å². The van der Waals surface area contributed by atoms with Crippen LogP contribution >= 0.6 is 0 Å². The molecule has 2 aliphatic heterocycles. The second-order valence-electron chi connectivity index (χ2n) is 7.62. The monoisotopic (exact) mass is 322 g/mol. The zero-order chi connectivity index (χ0) is 15.7. The van der Waals surface area contributed by atoms with E-state index in [0.717, 1.165) is 57.5 Å². The Balaban J connectivity index is 1.45. The van der Waals surface area contributed by atoms with Crippen LogP contribution in [0.5, 0.6) is 0 Å². The molecule has 130 valence electrons. The van der Waals surface area contributed by atoms with Crippen LogP contribution in [0, 0.1) is 23.7 Å². The predicted molar refractivity (Wildman–Crippen MR) is 86.8 cm³/mol. The van der Waals surface area contributed by atoms with E-state index in [1.807, 2.05) is 0 Å². The highest BCUT2D eigenvalue weighted by Gasteiger charge is 2.49. The second-order valence-corrected chi connectivity index (χ2v) is 7.62. The van der Waals surface area contributed by atoms with Crippen LogP contribution < -0.4 is 0 Å². The summed E-state index contributed by atoms with van der Waals surface area (Å²) in [5, 5.41) is 0. The third-order valence-electron chi connectivity index (χ3n) is 6.40. The first kappa shape index (κ1) is 16.1. The standard InChI is InChI=1S/C19H30O4/c1-2-3-16-14(12-18-20-8-9-21-18)4-5-15-13-19(7-6-17(15)16)22-10-11-23-19/h2-3,14-18H,4-13H2,1H3/b3-2-/t14-,15-,16-,17-/m0/s1. The Morgan fingerprint density at radius 1 is 1.00 bits per heavy atom. The Hall–Kier alpha value is -0.420. The molecule has 0 unspecified atom stereocenters. The molecule has 23 heavy (non-hydrogen) atoms. The molecule has 0 aromatic heterocycles. The molecular weight excluding hydrogens is 292 g/mol. The fourth-order valence-corrected chi connectivity index (χ4v) is 5.41. The zero-order valence-electron chi connectivity index (χ0n) is 14.2. The number of hydrogen-bond donors (Lipinski definition) is 0. The van der Waals surface area contributed by atoms with E-state index in [2.05, 4.69) is 19.1 Å². The average molecular weight is 322 g/mol. The van der Waals surface area contributed by atoms with E-state index in [4.69, 9.17) is 18.9 Å². The van der Waals surface area contributed by atoms with Gasteiger partial charge >= 0.3 is 0 Å². The maximum Gasteiger partial charge on any atom is 0.168 e. The highest BCUT2D eigenvalue weighted by molar-refractivity contribution is 5.02. The van der Waals surface area contributed by atoms with E-state index in [1.165, 1.54) is 19.3 Å². The molecule has 2 heterocycles. The van der Waals surface area contributed by atoms with Crippen LogP contribution in [-0.4, -0.2) is 38.5 Å². The molecule has 2 saturated heterocycles. The van der Waals surface area contributed by atoms with Crippen LogP contribution in [0.15, 0.2) is 12.2 Å². The van der Waals surface area contributed by atoms with Gasteiger partial charge in [-0.2, -0.15) is 0 Å². The maximum absolute atomic E-state index is 5.98. The maximum atomic E-state index is 5.98. The highest BCUT2D eigenvalue weighted by Crippen LogP contribution is 2.52. The molecule has 4 aliphatic rings. The molecule has 0 radical (unpaired) electrons. The second kappa shape index (κ2) is 6.83. The summed E-state index contributed by atoms with van der Waals surface area (Å²) in [4.78, 5) is 0. The Bertz CT molecular complexity index is 423. The van der Waals surface area contributed by atoms with Crippen molar-refractivity contribution in [3.63, 3.8) is 0 Å². The Labute approximate surface area is 139 Å². The minimum Gasteiger partial charge on any atom is -0.350 e. The number of allylic oxidation sites excluding steroid dienone is 2. The van der Waals surface area contributed by atoms with E-state index in [0.29, 0.717) is 11.8 Å². The molecule has 0 N–H and O–H groups in total. The molecule has 4 heteroatoms. The van der Waals surface area contributed by atoms with Gasteiger partial charge in [0.05, 0.1) is 26.4 Å². The van der Waals surface area contributed by atoms with Gasteiger partial charge in [-0.05, 0) is 49.9 Å².